The molecule has 0 bridgehead atoms. The summed E-state index contributed by atoms with van der Waals surface area (Å²) in [6.45, 7) is 3.43. The van der Waals surface area contributed by atoms with Crippen molar-refractivity contribution in [3.05, 3.63) is 65.7 Å². The first kappa shape index (κ1) is 19.8. The zero-order chi connectivity index (χ0) is 19.1. The van der Waals surface area contributed by atoms with Crippen LogP contribution in [0.3, 0.4) is 0 Å². The second kappa shape index (κ2) is 9.81. The molecule has 4 nitrogen and oxygen atoms in total. The summed E-state index contributed by atoms with van der Waals surface area (Å²) in [5.74, 6) is 1.94. The summed E-state index contributed by atoms with van der Waals surface area (Å²) in [6, 6.07) is 17.8. The highest BCUT2D eigenvalue weighted by Gasteiger charge is 2.29. The third-order valence-corrected chi connectivity index (χ3v) is 5.84. The van der Waals surface area contributed by atoms with Gasteiger partial charge in [-0.15, -0.1) is 11.8 Å². The van der Waals surface area contributed by atoms with Crippen LogP contribution in [0.25, 0.3) is 0 Å². The number of aliphatic hydroxyl groups is 1. The standard InChI is InChI=1S/C22H27NO3S/c1-2-26-19-12-10-17(11-13-19)20-9-6-14-23(20)22(25)16-27-15-21(24)18-7-4-3-5-8-18/h3-5,7-8,10-13,20-21,24H,2,6,9,14-16H2,1H3. The maximum atomic E-state index is 12.7. The number of ether oxygens (including phenoxy) is 1. The van der Waals surface area contributed by atoms with E-state index in [4.69, 9.17) is 4.74 Å². The van der Waals surface area contributed by atoms with Gasteiger partial charge in [0.1, 0.15) is 5.75 Å². The summed E-state index contributed by atoms with van der Waals surface area (Å²) in [7, 11) is 0. The van der Waals surface area contributed by atoms with Crippen LogP contribution in [0.15, 0.2) is 54.6 Å². The zero-order valence-corrected chi connectivity index (χ0v) is 16.5. The lowest BCUT2D eigenvalue weighted by Crippen LogP contribution is -2.32. The van der Waals surface area contributed by atoms with E-state index in [1.807, 2.05) is 54.3 Å². The molecule has 2 aromatic carbocycles. The van der Waals surface area contributed by atoms with E-state index in [0.717, 1.165) is 30.7 Å². The Balaban J connectivity index is 1.52. The Labute approximate surface area is 165 Å². The van der Waals surface area contributed by atoms with Gasteiger partial charge in [-0.1, -0.05) is 42.5 Å². The number of nitrogens with zero attached hydrogens (tertiary/aromatic N) is 1. The lowest BCUT2D eigenvalue weighted by molar-refractivity contribution is -0.129. The summed E-state index contributed by atoms with van der Waals surface area (Å²) in [5.41, 5.74) is 2.06. The Morgan fingerprint density at radius 3 is 2.67 bits per heavy atom. The maximum Gasteiger partial charge on any atom is 0.233 e. The molecule has 5 heteroatoms. The van der Waals surface area contributed by atoms with Crippen molar-refractivity contribution in [1.29, 1.82) is 0 Å². The minimum Gasteiger partial charge on any atom is -0.494 e. The maximum absolute atomic E-state index is 12.7. The Kier molecular flexibility index (Phi) is 7.18. The van der Waals surface area contributed by atoms with Crippen LogP contribution in [-0.2, 0) is 4.79 Å². The highest BCUT2D eigenvalue weighted by Crippen LogP contribution is 2.33. The quantitative estimate of drug-likeness (QED) is 0.739. The largest absolute Gasteiger partial charge is 0.494 e. The van der Waals surface area contributed by atoms with Crippen LogP contribution in [0.2, 0.25) is 0 Å². The zero-order valence-electron chi connectivity index (χ0n) is 15.7. The van der Waals surface area contributed by atoms with E-state index in [9.17, 15) is 9.90 Å². The van der Waals surface area contributed by atoms with Crippen LogP contribution in [-0.4, -0.2) is 40.6 Å². The molecule has 2 atom stereocenters. The summed E-state index contributed by atoms with van der Waals surface area (Å²) in [5, 5.41) is 10.2. The molecule has 0 aliphatic carbocycles. The number of carbonyl (C=O) groups excluding carboxylic acids is 1. The Morgan fingerprint density at radius 1 is 1.22 bits per heavy atom. The molecule has 0 radical (unpaired) electrons. The summed E-state index contributed by atoms with van der Waals surface area (Å²) in [4.78, 5) is 14.7. The van der Waals surface area contributed by atoms with Crippen molar-refractivity contribution >= 4 is 17.7 Å². The molecule has 0 aromatic heterocycles. The molecule has 27 heavy (non-hydrogen) atoms. The van der Waals surface area contributed by atoms with Gasteiger partial charge in [-0.05, 0) is 43.0 Å². The fraction of sp³-hybridized carbons (Fsp3) is 0.409. The number of likely N-dealkylation sites (tertiary alicyclic amines) is 1. The molecular formula is C22H27NO3S. The molecule has 3 rings (SSSR count). The van der Waals surface area contributed by atoms with Crippen LogP contribution < -0.4 is 4.74 Å². The van der Waals surface area contributed by atoms with Crippen molar-refractivity contribution < 1.29 is 14.6 Å². The average molecular weight is 386 g/mol. The summed E-state index contributed by atoms with van der Waals surface area (Å²) >= 11 is 1.50. The van der Waals surface area contributed by atoms with Gasteiger partial charge in [-0.2, -0.15) is 0 Å². The Morgan fingerprint density at radius 2 is 1.96 bits per heavy atom. The molecule has 2 aromatic rings. The summed E-state index contributed by atoms with van der Waals surface area (Å²) in [6.07, 6.45) is 1.49. The van der Waals surface area contributed by atoms with E-state index in [1.165, 1.54) is 17.3 Å². The summed E-state index contributed by atoms with van der Waals surface area (Å²) < 4.78 is 5.50. The van der Waals surface area contributed by atoms with Gasteiger partial charge >= 0.3 is 0 Å². The van der Waals surface area contributed by atoms with Crippen molar-refractivity contribution in [2.45, 2.75) is 31.9 Å². The minimum atomic E-state index is -0.538. The Bertz CT molecular complexity index is 720. The molecule has 2 unspecified atom stereocenters. The van der Waals surface area contributed by atoms with Gasteiger partial charge in [0.05, 0.1) is 24.5 Å². The number of aliphatic hydroxyl groups excluding tert-OH is 1. The predicted octanol–water partition coefficient (Wildman–Crippen LogP) is 4.22. The van der Waals surface area contributed by atoms with Crippen LogP contribution in [0.1, 0.15) is 43.0 Å². The van der Waals surface area contributed by atoms with Gasteiger partial charge in [0.15, 0.2) is 0 Å². The van der Waals surface area contributed by atoms with Gasteiger partial charge in [0.25, 0.3) is 0 Å². The van der Waals surface area contributed by atoms with Crippen molar-refractivity contribution in [2.75, 3.05) is 24.7 Å². The lowest BCUT2D eigenvalue weighted by atomic mass is 10.0. The first-order valence-corrected chi connectivity index (χ1v) is 10.7. The molecule has 1 saturated heterocycles. The second-order valence-electron chi connectivity index (χ2n) is 6.69. The molecule has 1 N–H and O–H groups in total. The molecule has 144 valence electrons. The molecule has 1 aliphatic rings. The van der Waals surface area contributed by atoms with Gasteiger partial charge in [-0.3, -0.25) is 4.79 Å². The monoisotopic (exact) mass is 385 g/mol. The van der Waals surface area contributed by atoms with E-state index in [-0.39, 0.29) is 11.9 Å². The van der Waals surface area contributed by atoms with E-state index in [0.29, 0.717) is 18.1 Å². The highest BCUT2D eigenvalue weighted by molar-refractivity contribution is 7.99. The first-order chi connectivity index (χ1) is 13.2. The first-order valence-electron chi connectivity index (χ1n) is 9.52. The molecule has 0 saturated carbocycles. The third kappa shape index (κ3) is 5.27. The van der Waals surface area contributed by atoms with Crippen molar-refractivity contribution in [2.24, 2.45) is 0 Å². The third-order valence-electron chi connectivity index (χ3n) is 4.83. The van der Waals surface area contributed by atoms with Crippen LogP contribution in [0.4, 0.5) is 0 Å². The van der Waals surface area contributed by atoms with Crippen LogP contribution in [0, 0.1) is 0 Å². The van der Waals surface area contributed by atoms with E-state index in [1.54, 1.807) is 0 Å². The van der Waals surface area contributed by atoms with Crippen LogP contribution in [0.5, 0.6) is 5.75 Å². The molecule has 1 amide bonds. The van der Waals surface area contributed by atoms with Crippen molar-refractivity contribution in [1.82, 2.24) is 4.90 Å². The minimum absolute atomic E-state index is 0.146. The Hall–Kier alpha value is -1.98. The topological polar surface area (TPSA) is 49.8 Å². The number of thioether (sulfide) groups is 1. The number of rotatable bonds is 8. The fourth-order valence-corrected chi connectivity index (χ4v) is 4.35. The number of hydrogen-bond acceptors (Lipinski definition) is 4. The van der Waals surface area contributed by atoms with Gasteiger partial charge in [0.2, 0.25) is 5.91 Å². The fourth-order valence-electron chi connectivity index (χ4n) is 3.48. The molecule has 1 fully saturated rings. The number of carbonyl (C=O) groups is 1. The van der Waals surface area contributed by atoms with Gasteiger partial charge in [0, 0.05) is 12.3 Å². The van der Waals surface area contributed by atoms with Crippen molar-refractivity contribution in [3.8, 4) is 5.75 Å². The molecule has 1 heterocycles. The number of amides is 1. The lowest BCUT2D eigenvalue weighted by Gasteiger charge is -2.25. The SMILES string of the molecule is CCOc1ccc(C2CCCN2C(=O)CSCC(O)c2ccccc2)cc1. The predicted molar refractivity (Wildman–Crippen MR) is 110 cm³/mol. The van der Waals surface area contributed by atoms with Crippen LogP contribution >= 0.6 is 11.8 Å². The van der Waals surface area contributed by atoms with Gasteiger partial charge < -0.3 is 14.7 Å². The second-order valence-corrected chi connectivity index (χ2v) is 7.72. The normalized spacial score (nSPS) is 17.7. The van der Waals surface area contributed by atoms with Crippen molar-refractivity contribution in [3.63, 3.8) is 0 Å². The number of benzene rings is 2. The molecular weight excluding hydrogens is 358 g/mol. The highest BCUT2D eigenvalue weighted by atomic mass is 32.2. The van der Waals surface area contributed by atoms with E-state index < -0.39 is 6.10 Å². The molecule has 0 spiro atoms. The van der Waals surface area contributed by atoms with E-state index >= 15 is 0 Å². The number of hydrogen-bond donors (Lipinski definition) is 1. The van der Waals surface area contributed by atoms with E-state index in [2.05, 4.69) is 12.1 Å². The smallest absolute Gasteiger partial charge is 0.233 e. The average Bonchev–Trinajstić information content (AvgIpc) is 3.19. The molecule has 1 aliphatic heterocycles. The van der Waals surface area contributed by atoms with Gasteiger partial charge in [-0.25, -0.2) is 0 Å².